The molecule has 0 heterocycles. The number of rotatable bonds is 14. The second-order valence-electron chi connectivity index (χ2n) is 10.4. The second kappa shape index (κ2) is 15.4. The monoisotopic (exact) mass is 562 g/mol. The van der Waals surface area contributed by atoms with Gasteiger partial charge < -0.3 is 19.1 Å². The van der Waals surface area contributed by atoms with Gasteiger partial charge in [0.2, 0.25) is 0 Å². The fourth-order valence-corrected chi connectivity index (χ4v) is 4.84. The lowest BCUT2D eigenvalue weighted by Crippen LogP contribution is -2.20. The summed E-state index contributed by atoms with van der Waals surface area (Å²) in [6.07, 6.45) is 2.11. The first-order chi connectivity index (χ1) is 20.5. The normalized spacial score (nSPS) is 10.7. The number of nitrogens with zero attached hydrogens (tertiary/aromatic N) is 2. The van der Waals surface area contributed by atoms with E-state index >= 15 is 0 Å². The SMILES string of the molecule is COC(=O)CCCCN(C)Cc1ccc(OCc2cccc(-c3ccccc3)c2C)cc1OCc1cccc(C#N)c1. The van der Waals surface area contributed by atoms with E-state index in [2.05, 4.69) is 73.5 Å². The number of nitriles is 1. The highest BCUT2D eigenvalue weighted by atomic mass is 16.5. The quantitative estimate of drug-likeness (QED) is 0.117. The Hall–Kier alpha value is -4.60. The molecule has 0 fully saturated rings. The number of carbonyl (C=O) groups excluding carboxylic acids is 1. The summed E-state index contributed by atoms with van der Waals surface area (Å²) in [5, 5.41) is 9.28. The van der Waals surface area contributed by atoms with Crippen LogP contribution in [0.15, 0.2) is 91.0 Å². The molecule has 4 aromatic rings. The summed E-state index contributed by atoms with van der Waals surface area (Å²) in [6.45, 7) is 4.44. The van der Waals surface area contributed by atoms with Crippen molar-refractivity contribution in [2.45, 2.75) is 45.9 Å². The lowest BCUT2D eigenvalue weighted by Gasteiger charge is -2.20. The van der Waals surface area contributed by atoms with Crippen molar-refractivity contribution in [3.05, 3.63) is 119 Å². The number of methoxy groups -OCH3 is 1. The fourth-order valence-electron chi connectivity index (χ4n) is 4.84. The van der Waals surface area contributed by atoms with E-state index in [0.29, 0.717) is 31.7 Å². The van der Waals surface area contributed by atoms with Gasteiger partial charge >= 0.3 is 5.97 Å². The van der Waals surface area contributed by atoms with Crippen molar-refractivity contribution in [1.29, 1.82) is 5.26 Å². The highest BCUT2D eigenvalue weighted by molar-refractivity contribution is 5.69. The van der Waals surface area contributed by atoms with Gasteiger partial charge in [-0.3, -0.25) is 4.79 Å². The van der Waals surface area contributed by atoms with Gasteiger partial charge in [0, 0.05) is 24.6 Å². The molecule has 0 N–H and O–H groups in total. The molecule has 0 unspecified atom stereocenters. The summed E-state index contributed by atoms with van der Waals surface area (Å²) in [7, 11) is 3.48. The molecule has 6 nitrogen and oxygen atoms in total. The minimum atomic E-state index is -0.175. The maximum Gasteiger partial charge on any atom is 0.305 e. The summed E-state index contributed by atoms with van der Waals surface area (Å²) in [5.74, 6) is 1.29. The lowest BCUT2D eigenvalue weighted by atomic mass is 9.97. The molecule has 6 heteroatoms. The molecule has 0 aliphatic heterocycles. The van der Waals surface area contributed by atoms with Crippen LogP contribution in [0.2, 0.25) is 0 Å². The standard InChI is InChI=1S/C36H38N2O4/c1-27-32(15-10-16-34(27)30-13-5-4-6-14-30)26-41-33-19-18-31(24-38(2)20-8-7-17-36(39)40-3)35(22-33)42-25-29-12-9-11-28(21-29)23-37/h4-6,9-16,18-19,21-22H,7-8,17,20,24-26H2,1-3H3. The van der Waals surface area contributed by atoms with E-state index in [1.54, 1.807) is 6.07 Å². The van der Waals surface area contributed by atoms with Gasteiger partial charge in [0.05, 0.1) is 18.7 Å². The fraction of sp³-hybridized carbons (Fsp3) is 0.278. The molecule has 0 saturated carbocycles. The van der Waals surface area contributed by atoms with Crippen LogP contribution >= 0.6 is 0 Å². The first-order valence-electron chi connectivity index (χ1n) is 14.2. The molecular formula is C36H38N2O4. The molecule has 0 aromatic heterocycles. The molecule has 216 valence electrons. The molecule has 4 aromatic carbocycles. The molecule has 0 bridgehead atoms. The molecule has 0 saturated heterocycles. The van der Waals surface area contributed by atoms with Crippen molar-refractivity contribution in [2.75, 3.05) is 20.7 Å². The molecule has 0 radical (unpaired) electrons. The zero-order chi connectivity index (χ0) is 29.7. The van der Waals surface area contributed by atoms with Gasteiger partial charge in [0.1, 0.15) is 24.7 Å². The third-order valence-electron chi connectivity index (χ3n) is 7.25. The number of hydrogen-bond donors (Lipinski definition) is 0. The smallest absolute Gasteiger partial charge is 0.305 e. The van der Waals surface area contributed by atoms with Crippen LogP contribution in [0, 0.1) is 18.3 Å². The van der Waals surface area contributed by atoms with Gasteiger partial charge in [-0.2, -0.15) is 5.26 Å². The Morgan fingerprint density at radius 2 is 1.67 bits per heavy atom. The first-order valence-corrected chi connectivity index (χ1v) is 14.2. The third-order valence-corrected chi connectivity index (χ3v) is 7.25. The lowest BCUT2D eigenvalue weighted by molar-refractivity contribution is -0.140. The number of esters is 1. The van der Waals surface area contributed by atoms with Crippen molar-refractivity contribution in [1.82, 2.24) is 4.90 Å². The maximum atomic E-state index is 11.4. The van der Waals surface area contributed by atoms with Crippen LogP contribution in [-0.2, 0) is 29.3 Å². The summed E-state index contributed by atoms with van der Waals surface area (Å²) >= 11 is 0. The average molecular weight is 563 g/mol. The minimum Gasteiger partial charge on any atom is -0.489 e. The molecule has 0 spiro atoms. The van der Waals surface area contributed by atoms with Crippen LogP contribution in [0.25, 0.3) is 11.1 Å². The van der Waals surface area contributed by atoms with Gasteiger partial charge in [0.25, 0.3) is 0 Å². The molecule has 0 atom stereocenters. The van der Waals surface area contributed by atoms with Crippen LogP contribution in [0.4, 0.5) is 0 Å². The summed E-state index contributed by atoms with van der Waals surface area (Å²) in [6, 6.07) is 32.3. The van der Waals surface area contributed by atoms with E-state index < -0.39 is 0 Å². The van der Waals surface area contributed by atoms with E-state index in [1.165, 1.54) is 23.8 Å². The van der Waals surface area contributed by atoms with E-state index in [-0.39, 0.29) is 5.97 Å². The van der Waals surface area contributed by atoms with Crippen molar-refractivity contribution in [2.24, 2.45) is 0 Å². The first kappa shape index (κ1) is 30.4. The van der Waals surface area contributed by atoms with Crippen molar-refractivity contribution in [3.8, 4) is 28.7 Å². The van der Waals surface area contributed by atoms with Gasteiger partial charge in [-0.25, -0.2) is 0 Å². The number of hydrogen-bond acceptors (Lipinski definition) is 6. The van der Waals surface area contributed by atoms with Crippen LogP contribution < -0.4 is 9.47 Å². The number of carbonyl (C=O) groups is 1. The van der Waals surface area contributed by atoms with Crippen molar-refractivity contribution < 1.29 is 19.0 Å². The van der Waals surface area contributed by atoms with E-state index in [4.69, 9.17) is 14.2 Å². The molecule has 0 aliphatic rings. The van der Waals surface area contributed by atoms with E-state index in [9.17, 15) is 10.1 Å². The summed E-state index contributed by atoms with van der Waals surface area (Å²) in [4.78, 5) is 13.6. The van der Waals surface area contributed by atoms with Gasteiger partial charge in [-0.1, -0.05) is 66.7 Å². The molecule has 4 rings (SSSR count). The van der Waals surface area contributed by atoms with Crippen LogP contribution in [0.5, 0.6) is 11.5 Å². The molecular weight excluding hydrogens is 524 g/mol. The second-order valence-corrected chi connectivity index (χ2v) is 10.4. The Morgan fingerprint density at radius 1 is 0.857 bits per heavy atom. The van der Waals surface area contributed by atoms with Crippen LogP contribution in [-0.4, -0.2) is 31.6 Å². The molecule has 0 amide bonds. The predicted molar refractivity (Wildman–Crippen MR) is 165 cm³/mol. The predicted octanol–water partition coefficient (Wildman–Crippen LogP) is 7.47. The maximum absolute atomic E-state index is 11.4. The van der Waals surface area contributed by atoms with E-state index in [0.717, 1.165) is 47.6 Å². The van der Waals surface area contributed by atoms with Crippen LogP contribution in [0.3, 0.4) is 0 Å². The topological polar surface area (TPSA) is 71.8 Å². The number of unbranched alkanes of at least 4 members (excludes halogenated alkanes) is 1. The van der Waals surface area contributed by atoms with Gasteiger partial charge in [-0.05, 0) is 79.4 Å². The van der Waals surface area contributed by atoms with Gasteiger partial charge in [-0.15, -0.1) is 0 Å². The van der Waals surface area contributed by atoms with Crippen molar-refractivity contribution >= 4 is 5.97 Å². The zero-order valence-electron chi connectivity index (χ0n) is 24.6. The highest BCUT2D eigenvalue weighted by Crippen LogP contribution is 2.30. The minimum absolute atomic E-state index is 0.175. The Bertz CT molecular complexity index is 1510. The summed E-state index contributed by atoms with van der Waals surface area (Å²) in [5.41, 5.74) is 7.28. The number of benzene rings is 4. The Labute approximate surface area is 249 Å². The van der Waals surface area contributed by atoms with Crippen molar-refractivity contribution in [3.63, 3.8) is 0 Å². The van der Waals surface area contributed by atoms with Crippen LogP contribution in [0.1, 0.15) is 47.1 Å². The van der Waals surface area contributed by atoms with Gasteiger partial charge in [0.15, 0.2) is 0 Å². The molecule has 42 heavy (non-hydrogen) atoms. The third kappa shape index (κ3) is 8.70. The highest BCUT2D eigenvalue weighted by Gasteiger charge is 2.12. The Morgan fingerprint density at radius 3 is 2.45 bits per heavy atom. The number of ether oxygens (including phenoxy) is 3. The Kier molecular flexibility index (Phi) is 11.1. The zero-order valence-corrected chi connectivity index (χ0v) is 24.6. The molecule has 0 aliphatic carbocycles. The summed E-state index contributed by atoms with van der Waals surface area (Å²) < 4.78 is 17.3. The van der Waals surface area contributed by atoms with E-state index in [1.807, 2.05) is 36.4 Å². The average Bonchev–Trinajstić information content (AvgIpc) is 3.02. The largest absolute Gasteiger partial charge is 0.489 e. The Balaban J connectivity index is 1.47.